The maximum atomic E-state index is 13.1. The Kier molecular flexibility index (Phi) is 5.11. The van der Waals surface area contributed by atoms with Crippen LogP contribution in [0.1, 0.15) is 29.0 Å². The Morgan fingerprint density at radius 2 is 1.96 bits per heavy atom. The molecular formula is C19H23N3O5S. The van der Waals surface area contributed by atoms with Crippen LogP contribution in [0, 0.1) is 5.92 Å². The lowest BCUT2D eigenvalue weighted by atomic mass is 10.0. The molecule has 0 radical (unpaired) electrons. The molecule has 150 valence electrons. The van der Waals surface area contributed by atoms with E-state index in [0.717, 1.165) is 11.3 Å². The summed E-state index contributed by atoms with van der Waals surface area (Å²) in [6, 6.07) is 8.98. The number of methoxy groups -OCH3 is 1. The lowest BCUT2D eigenvalue weighted by Crippen LogP contribution is -2.34. The third-order valence-corrected chi connectivity index (χ3v) is 8.00. The van der Waals surface area contributed by atoms with Crippen molar-refractivity contribution in [2.24, 2.45) is 5.92 Å². The Morgan fingerprint density at radius 3 is 2.64 bits per heavy atom. The number of aromatic nitrogens is 1. The number of benzene rings is 1. The van der Waals surface area contributed by atoms with E-state index in [1.54, 1.807) is 16.3 Å². The minimum absolute atomic E-state index is 0.0239. The van der Waals surface area contributed by atoms with Crippen molar-refractivity contribution >= 4 is 15.9 Å². The zero-order valence-electron chi connectivity index (χ0n) is 15.7. The monoisotopic (exact) mass is 405 g/mol. The molecule has 2 aliphatic heterocycles. The quantitative estimate of drug-likeness (QED) is 0.769. The van der Waals surface area contributed by atoms with Crippen molar-refractivity contribution in [3.05, 3.63) is 47.9 Å². The van der Waals surface area contributed by atoms with E-state index in [1.807, 2.05) is 24.3 Å². The minimum Gasteiger partial charge on any atom is -0.497 e. The van der Waals surface area contributed by atoms with Crippen molar-refractivity contribution in [3.8, 4) is 5.75 Å². The van der Waals surface area contributed by atoms with Gasteiger partial charge in [0, 0.05) is 32.2 Å². The lowest BCUT2D eigenvalue weighted by Gasteiger charge is -2.21. The van der Waals surface area contributed by atoms with Gasteiger partial charge in [0.1, 0.15) is 5.75 Å². The SMILES string of the molecule is COc1ccc(CN2C[C@@H]3CCN(C(=O)c4ccno4)CC[C@@H]3S2(=O)=O)cc1. The fourth-order valence-corrected chi connectivity index (χ4v) is 6.29. The molecule has 2 aromatic rings. The molecule has 0 bridgehead atoms. The van der Waals surface area contributed by atoms with Crippen molar-refractivity contribution in [2.45, 2.75) is 24.6 Å². The molecule has 0 aliphatic carbocycles. The van der Waals surface area contributed by atoms with Crippen LogP contribution in [0.25, 0.3) is 0 Å². The molecular weight excluding hydrogens is 382 g/mol. The van der Waals surface area contributed by atoms with Crippen LogP contribution in [0.2, 0.25) is 0 Å². The number of hydrogen-bond donors (Lipinski definition) is 0. The minimum atomic E-state index is -3.40. The maximum absolute atomic E-state index is 13.1. The molecule has 0 spiro atoms. The molecule has 2 fully saturated rings. The Bertz CT molecular complexity index is 927. The van der Waals surface area contributed by atoms with Crippen molar-refractivity contribution in [1.29, 1.82) is 0 Å². The maximum Gasteiger partial charge on any atom is 0.292 e. The highest BCUT2D eigenvalue weighted by Crippen LogP contribution is 2.35. The zero-order chi connectivity index (χ0) is 19.7. The van der Waals surface area contributed by atoms with Gasteiger partial charge in [-0.2, -0.15) is 4.31 Å². The molecule has 0 saturated carbocycles. The molecule has 28 heavy (non-hydrogen) atoms. The average molecular weight is 405 g/mol. The highest BCUT2D eigenvalue weighted by molar-refractivity contribution is 7.90. The summed E-state index contributed by atoms with van der Waals surface area (Å²) >= 11 is 0. The van der Waals surface area contributed by atoms with Gasteiger partial charge in [-0.25, -0.2) is 8.42 Å². The highest BCUT2D eigenvalue weighted by Gasteiger charge is 2.47. The Hall–Kier alpha value is -2.39. The molecule has 2 saturated heterocycles. The highest BCUT2D eigenvalue weighted by atomic mass is 32.2. The summed E-state index contributed by atoms with van der Waals surface area (Å²) in [5, 5.41) is 3.12. The van der Waals surface area contributed by atoms with E-state index >= 15 is 0 Å². The number of ether oxygens (including phenoxy) is 1. The van der Waals surface area contributed by atoms with Crippen LogP contribution in [0.15, 0.2) is 41.1 Å². The van der Waals surface area contributed by atoms with Crippen LogP contribution in [0.4, 0.5) is 0 Å². The van der Waals surface area contributed by atoms with E-state index in [-0.39, 0.29) is 17.6 Å². The Labute approximate surface area is 164 Å². The molecule has 0 N–H and O–H groups in total. The number of fused-ring (bicyclic) bond motifs is 1. The standard InChI is InChI=1S/C19H23N3O5S/c1-26-16-4-2-14(3-5-16)12-22-13-15-7-10-21(11-8-18(15)28(22,24)25)19(23)17-6-9-20-27-17/h2-6,9,15,18H,7-8,10-13H2,1H3/t15-,18-/m0/s1. The fourth-order valence-electron chi connectivity index (χ4n) is 4.07. The largest absolute Gasteiger partial charge is 0.497 e. The Balaban J connectivity index is 1.44. The molecule has 1 aromatic carbocycles. The van der Waals surface area contributed by atoms with Gasteiger partial charge in [-0.3, -0.25) is 4.79 Å². The van der Waals surface area contributed by atoms with Crippen LogP contribution in [0.3, 0.4) is 0 Å². The van der Waals surface area contributed by atoms with Crippen LogP contribution >= 0.6 is 0 Å². The van der Waals surface area contributed by atoms with Crippen LogP contribution < -0.4 is 4.74 Å². The molecule has 4 rings (SSSR count). The number of hydrogen-bond acceptors (Lipinski definition) is 6. The predicted molar refractivity (Wildman–Crippen MR) is 101 cm³/mol. The average Bonchev–Trinajstić information content (AvgIpc) is 3.24. The number of carbonyl (C=O) groups is 1. The van der Waals surface area contributed by atoms with E-state index in [2.05, 4.69) is 5.16 Å². The lowest BCUT2D eigenvalue weighted by molar-refractivity contribution is 0.0717. The second-order valence-corrected chi connectivity index (χ2v) is 9.38. The first kappa shape index (κ1) is 18.9. The number of amides is 1. The molecule has 8 nitrogen and oxygen atoms in total. The third-order valence-electron chi connectivity index (χ3n) is 5.61. The molecule has 9 heteroatoms. The first-order valence-corrected chi connectivity index (χ1v) is 10.8. The first-order chi connectivity index (χ1) is 13.5. The topological polar surface area (TPSA) is 92.9 Å². The van der Waals surface area contributed by atoms with E-state index in [1.165, 1.54) is 12.3 Å². The Morgan fingerprint density at radius 1 is 1.21 bits per heavy atom. The van der Waals surface area contributed by atoms with Crippen molar-refractivity contribution < 1.29 is 22.5 Å². The van der Waals surface area contributed by atoms with Gasteiger partial charge >= 0.3 is 0 Å². The van der Waals surface area contributed by atoms with Gasteiger partial charge in [0.05, 0.1) is 18.6 Å². The normalized spacial score (nSPS) is 24.5. The number of carbonyl (C=O) groups excluding carboxylic acids is 1. The van der Waals surface area contributed by atoms with Crippen LogP contribution in [0.5, 0.6) is 5.75 Å². The number of sulfonamides is 1. The van der Waals surface area contributed by atoms with Gasteiger partial charge in [-0.1, -0.05) is 17.3 Å². The molecule has 1 amide bonds. The summed E-state index contributed by atoms with van der Waals surface area (Å²) < 4.78 is 37.8. The summed E-state index contributed by atoms with van der Waals surface area (Å²) in [7, 11) is -1.80. The van der Waals surface area contributed by atoms with E-state index in [9.17, 15) is 13.2 Å². The molecule has 1 aromatic heterocycles. The van der Waals surface area contributed by atoms with E-state index in [0.29, 0.717) is 39.0 Å². The number of nitrogens with zero attached hydrogens (tertiary/aromatic N) is 3. The third kappa shape index (κ3) is 3.51. The van der Waals surface area contributed by atoms with Gasteiger partial charge < -0.3 is 14.2 Å². The van der Waals surface area contributed by atoms with Crippen molar-refractivity contribution in [3.63, 3.8) is 0 Å². The van der Waals surface area contributed by atoms with Crippen molar-refractivity contribution in [1.82, 2.24) is 14.4 Å². The van der Waals surface area contributed by atoms with Crippen LogP contribution in [-0.2, 0) is 16.6 Å². The van der Waals surface area contributed by atoms with E-state index < -0.39 is 15.3 Å². The fraction of sp³-hybridized carbons (Fsp3) is 0.474. The summed E-state index contributed by atoms with van der Waals surface area (Å²) in [6.45, 7) is 1.77. The smallest absolute Gasteiger partial charge is 0.292 e. The summed E-state index contributed by atoms with van der Waals surface area (Å²) in [5.74, 6) is 0.728. The van der Waals surface area contributed by atoms with Gasteiger partial charge in [0.2, 0.25) is 15.8 Å². The van der Waals surface area contributed by atoms with Gasteiger partial charge in [0.25, 0.3) is 5.91 Å². The molecule has 0 unspecified atom stereocenters. The number of rotatable bonds is 4. The first-order valence-electron chi connectivity index (χ1n) is 9.31. The predicted octanol–water partition coefficient (Wildman–Crippen LogP) is 1.75. The second-order valence-electron chi connectivity index (χ2n) is 7.23. The molecule has 2 aliphatic rings. The number of likely N-dealkylation sites (tertiary alicyclic amines) is 1. The zero-order valence-corrected chi connectivity index (χ0v) is 16.5. The molecule has 3 heterocycles. The molecule has 2 atom stereocenters. The van der Waals surface area contributed by atoms with Gasteiger partial charge in [-0.05, 0) is 36.5 Å². The van der Waals surface area contributed by atoms with Gasteiger partial charge in [0.15, 0.2) is 0 Å². The summed E-state index contributed by atoms with van der Waals surface area (Å²) in [4.78, 5) is 14.1. The van der Waals surface area contributed by atoms with Gasteiger partial charge in [-0.15, -0.1) is 0 Å². The van der Waals surface area contributed by atoms with E-state index in [4.69, 9.17) is 9.26 Å². The second kappa shape index (κ2) is 7.56. The summed E-state index contributed by atoms with van der Waals surface area (Å²) in [6.07, 6.45) is 2.52. The summed E-state index contributed by atoms with van der Waals surface area (Å²) in [5.41, 5.74) is 0.933. The van der Waals surface area contributed by atoms with Crippen molar-refractivity contribution in [2.75, 3.05) is 26.7 Å². The van der Waals surface area contributed by atoms with Crippen LogP contribution in [-0.4, -0.2) is 60.7 Å².